The van der Waals surface area contributed by atoms with Crippen LogP contribution in [0.1, 0.15) is 18.9 Å². The Labute approximate surface area is 132 Å². The molecule has 1 unspecified atom stereocenters. The van der Waals surface area contributed by atoms with E-state index in [0.29, 0.717) is 13.1 Å². The van der Waals surface area contributed by atoms with Gasteiger partial charge in [-0.25, -0.2) is 0 Å². The maximum atomic E-state index is 12.0. The van der Waals surface area contributed by atoms with E-state index in [1.807, 2.05) is 12.1 Å². The molecule has 122 valence electrons. The Morgan fingerprint density at radius 3 is 2.77 bits per heavy atom. The van der Waals surface area contributed by atoms with Crippen LogP contribution in [0.2, 0.25) is 0 Å². The first-order valence-electron chi connectivity index (χ1n) is 7.95. The first kappa shape index (κ1) is 16.9. The molecule has 6 nitrogen and oxygen atoms in total. The van der Waals surface area contributed by atoms with Crippen molar-refractivity contribution in [1.29, 1.82) is 0 Å². The fourth-order valence-corrected chi connectivity index (χ4v) is 2.75. The SMILES string of the molecule is CCC(CO)N1CCN(CC(=O)NCc2cccnc2)CC1. The number of rotatable bonds is 7. The van der Waals surface area contributed by atoms with Crippen molar-refractivity contribution in [1.82, 2.24) is 20.1 Å². The first-order chi connectivity index (χ1) is 10.7. The zero-order valence-electron chi connectivity index (χ0n) is 13.2. The second kappa shape index (κ2) is 8.82. The van der Waals surface area contributed by atoms with E-state index < -0.39 is 0 Å². The molecule has 1 aromatic heterocycles. The molecule has 0 spiro atoms. The molecule has 1 atom stereocenters. The summed E-state index contributed by atoms with van der Waals surface area (Å²) in [4.78, 5) is 20.5. The second-order valence-electron chi connectivity index (χ2n) is 5.69. The summed E-state index contributed by atoms with van der Waals surface area (Å²) in [6.45, 7) is 6.83. The van der Waals surface area contributed by atoms with Crippen molar-refractivity contribution in [3.63, 3.8) is 0 Å². The highest BCUT2D eigenvalue weighted by atomic mass is 16.3. The highest BCUT2D eigenvalue weighted by Gasteiger charge is 2.23. The minimum Gasteiger partial charge on any atom is -0.395 e. The summed E-state index contributed by atoms with van der Waals surface area (Å²) in [5, 5.41) is 12.3. The number of aliphatic hydroxyl groups is 1. The molecule has 2 rings (SSSR count). The number of aromatic nitrogens is 1. The Bertz CT molecular complexity index is 443. The number of nitrogens with one attached hydrogen (secondary N) is 1. The average Bonchev–Trinajstić information content (AvgIpc) is 2.56. The van der Waals surface area contributed by atoms with Crippen LogP contribution in [0.15, 0.2) is 24.5 Å². The third kappa shape index (κ3) is 5.05. The van der Waals surface area contributed by atoms with Gasteiger partial charge < -0.3 is 10.4 Å². The number of pyridine rings is 1. The van der Waals surface area contributed by atoms with Gasteiger partial charge in [0.05, 0.1) is 13.2 Å². The lowest BCUT2D eigenvalue weighted by Gasteiger charge is -2.38. The number of nitrogens with zero attached hydrogens (tertiary/aromatic N) is 3. The minimum atomic E-state index is 0.0477. The lowest BCUT2D eigenvalue weighted by molar-refractivity contribution is -0.123. The lowest BCUT2D eigenvalue weighted by atomic mass is 10.1. The van der Waals surface area contributed by atoms with E-state index in [4.69, 9.17) is 0 Å². The van der Waals surface area contributed by atoms with Gasteiger partial charge in [-0.3, -0.25) is 19.6 Å². The predicted octanol–water partition coefficient (Wildman–Crippen LogP) is 0.0863. The van der Waals surface area contributed by atoms with Gasteiger partial charge in [0.1, 0.15) is 0 Å². The van der Waals surface area contributed by atoms with Crippen LogP contribution in [0.3, 0.4) is 0 Å². The topological polar surface area (TPSA) is 68.7 Å². The summed E-state index contributed by atoms with van der Waals surface area (Å²) in [6.07, 6.45) is 4.45. The van der Waals surface area contributed by atoms with Gasteiger partial charge in [0.15, 0.2) is 0 Å². The highest BCUT2D eigenvalue weighted by Crippen LogP contribution is 2.08. The number of hydrogen-bond donors (Lipinski definition) is 2. The molecule has 1 fully saturated rings. The van der Waals surface area contributed by atoms with Gasteiger partial charge in [0, 0.05) is 51.2 Å². The van der Waals surface area contributed by atoms with E-state index in [0.717, 1.165) is 38.2 Å². The Morgan fingerprint density at radius 2 is 2.18 bits per heavy atom. The molecule has 1 aliphatic rings. The van der Waals surface area contributed by atoms with E-state index in [9.17, 15) is 9.90 Å². The van der Waals surface area contributed by atoms with Crippen molar-refractivity contribution < 1.29 is 9.90 Å². The van der Waals surface area contributed by atoms with Crippen LogP contribution in [0, 0.1) is 0 Å². The molecule has 1 saturated heterocycles. The monoisotopic (exact) mass is 306 g/mol. The first-order valence-corrected chi connectivity index (χ1v) is 7.95. The summed E-state index contributed by atoms with van der Waals surface area (Å²) < 4.78 is 0. The zero-order chi connectivity index (χ0) is 15.8. The maximum Gasteiger partial charge on any atom is 0.234 e. The van der Waals surface area contributed by atoms with Crippen molar-refractivity contribution in [2.75, 3.05) is 39.3 Å². The van der Waals surface area contributed by atoms with Gasteiger partial charge in [-0.05, 0) is 18.1 Å². The van der Waals surface area contributed by atoms with Crippen molar-refractivity contribution in [3.05, 3.63) is 30.1 Å². The molecule has 1 aromatic rings. The molecule has 0 radical (unpaired) electrons. The highest BCUT2D eigenvalue weighted by molar-refractivity contribution is 5.78. The molecule has 0 aliphatic carbocycles. The fourth-order valence-electron chi connectivity index (χ4n) is 2.75. The average molecular weight is 306 g/mol. The smallest absolute Gasteiger partial charge is 0.234 e. The minimum absolute atomic E-state index is 0.0477. The molecule has 1 aliphatic heterocycles. The molecule has 22 heavy (non-hydrogen) atoms. The van der Waals surface area contributed by atoms with Crippen molar-refractivity contribution in [3.8, 4) is 0 Å². The Morgan fingerprint density at radius 1 is 1.41 bits per heavy atom. The Hall–Kier alpha value is -1.50. The molecule has 2 heterocycles. The third-order valence-corrected chi connectivity index (χ3v) is 4.18. The largest absolute Gasteiger partial charge is 0.395 e. The molecule has 6 heteroatoms. The summed E-state index contributed by atoms with van der Waals surface area (Å²) in [6, 6.07) is 4.07. The number of piperazine rings is 1. The van der Waals surface area contributed by atoms with E-state index in [2.05, 4.69) is 27.0 Å². The molecule has 0 saturated carbocycles. The second-order valence-corrected chi connectivity index (χ2v) is 5.69. The standard InChI is InChI=1S/C16H26N4O2/c1-2-15(13-21)20-8-6-19(7-9-20)12-16(22)18-11-14-4-3-5-17-10-14/h3-5,10,15,21H,2,6-9,11-13H2,1H3,(H,18,22). The molecular formula is C16H26N4O2. The summed E-state index contributed by atoms with van der Waals surface area (Å²) in [5.74, 6) is 0.0477. The molecule has 0 bridgehead atoms. The molecule has 0 aromatic carbocycles. The zero-order valence-corrected chi connectivity index (χ0v) is 13.2. The van der Waals surface area contributed by atoms with Gasteiger partial charge in [-0.15, -0.1) is 0 Å². The number of carbonyl (C=O) groups is 1. The van der Waals surface area contributed by atoms with E-state index >= 15 is 0 Å². The Balaban J connectivity index is 1.68. The van der Waals surface area contributed by atoms with Crippen molar-refractivity contribution in [2.45, 2.75) is 25.9 Å². The quantitative estimate of drug-likeness (QED) is 0.747. The maximum absolute atomic E-state index is 12.0. The van der Waals surface area contributed by atoms with E-state index in [-0.39, 0.29) is 18.6 Å². The number of carbonyl (C=O) groups excluding carboxylic acids is 1. The van der Waals surface area contributed by atoms with Gasteiger partial charge >= 0.3 is 0 Å². The summed E-state index contributed by atoms with van der Waals surface area (Å²) >= 11 is 0. The van der Waals surface area contributed by atoms with E-state index in [1.54, 1.807) is 12.4 Å². The van der Waals surface area contributed by atoms with Crippen LogP contribution < -0.4 is 5.32 Å². The third-order valence-electron chi connectivity index (χ3n) is 4.18. The molecule has 1 amide bonds. The number of hydrogen-bond acceptors (Lipinski definition) is 5. The lowest BCUT2D eigenvalue weighted by Crippen LogP contribution is -2.53. The Kier molecular flexibility index (Phi) is 6.76. The van der Waals surface area contributed by atoms with Crippen LogP contribution in [-0.2, 0) is 11.3 Å². The fraction of sp³-hybridized carbons (Fsp3) is 0.625. The van der Waals surface area contributed by atoms with Crippen LogP contribution >= 0.6 is 0 Å². The van der Waals surface area contributed by atoms with Gasteiger partial charge in [-0.2, -0.15) is 0 Å². The van der Waals surface area contributed by atoms with Crippen LogP contribution in [-0.4, -0.2) is 71.2 Å². The van der Waals surface area contributed by atoms with Gasteiger partial charge in [-0.1, -0.05) is 13.0 Å². The van der Waals surface area contributed by atoms with Crippen molar-refractivity contribution in [2.24, 2.45) is 0 Å². The van der Waals surface area contributed by atoms with Gasteiger partial charge in [0.2, 0.25) is 5.91 Å². The van der Waals surface area contributed by atoms with E-state index in [1.165, 1.54) is 0 Å². The molecule has 2 N–H and O–H groups in total. The summed E-state index contributed by atoms with van der Waals surface area (Å²) in [5.41, 5.74) is 1.01. The number of amides is 1. The van der Waals surface area contributed by atoms with Gasteiger partial charge in [0.25, 0.3) is 0 Å². The molecular weight excluding hydrogens is 280 g/mol. The number of aliphatic hydroxyl groups excluding tert-OH is 1. The van der Waals surface area contributed by atoms with Crippen LogP contribution in [0.5, 0.6) is 0 Å². The predicted molar refractivity (Wildman–Crippen MR) is 85.3 cm³/mol. The van der Waals surface area contributed by atoms with Crippen LogP contribution in [0.25, 0.3) is 0 Å². The normalized spacial score (nSPS) is 18.1. The summed E-state index contributed by atoms with van der Waals surface area (Å²) in [7, 11) is 0. The van der Waals surface area contributed by atoms with Crippen LogP contribution in [0.4, 0.5) is 0 Å². The van der Waals surface area contributed by atoms with Crippen molar-refractivity contribution >= 4 is 5.91 Å².